The maximum atomic E-state index is 9.85. The molecule has 0 aliphatic rings. The molecule has 0 aromatic rings. The van der Waals surface area contributed by atoms with Gasteiger partial charge in [0.1, 0.15) is 0 Å². The van der Waals surface area contributed by atoms with E-state index in [-0.39, 0.29) is 30.6 Å². The van der Waals surface area contributed by atoms with Crippen LogP contribution in [0, 0.1) is 0 Å². The first-order chi connectivity index (χ1) is 2.81. The van der Waals surface area contributed by atoms with Crippen LogP contribution in [-0.4, -0.2) is 18.8 Å². The van der Waals surface area contributed by atoms with Gasteiger partial charge in [0.2, 0.25) is 0 Å². The predicted molar refractivity (Wildman–Crippen MR) is 24.2 cm³/mol. The smallest absolute Gasteiger partial charge is 0.782 e. The van der Waals surface area contributed by atoms with E-state index in [1.54, 1.807) is 0 Å². The molecule has 0 aromatic carbocycles. The number of methoxy groups -OCH3 is 1. The molecule has 2 nitrogen and oxygen atoms in total. The van der Waals surface area contributed by atoms with Crippen molar-refractivity contribution in [3.05, 3.63) is 0 Å². The quantitative estimate of drug-likeness (QED) is 0.202. The minimum atomic E-state index is -0.343. The van der Waals surface area contributed by atoms with E-state index in [0.717, 1.165) is 0 Å². The Morgan fingerprint density at radius 2 is 2.29 bits per heavy atom. The molecule has 0 fully saturated rings. The standard InChI is InChI=1S/C3H6O2S.Li/c1-5-3(4)2-6;/h6H,2H2,1H3;/q;+1/p-1. The second-order valence-corrected chi connectivity index (χ2v) is 1.01. The molecule has 0 amide bonds. The maximum Gasteiger partial charge on any atom is 1.00 e. The predicted octanol–water partition coefficient (Wildman–Crippen LogP) is -3.29. The van der Waals surface area contributed by atoms with Gasteiger partial charge in [0, 0.05) is 0 Å². The molecule has 0 aromatic heterocycles. The Bertz CT molecular complexity index is 50.9. The van der Waals surface area contributed by atoms with E-state index in [1.807, 2.05) is 0 Å². The Balaban J connectivity index is 0. The van der Waals surface area contributed by atoms with Crippen molar-refractivity contribution in [3.8, 4) is 0 Å². The van der Waals surface area contributed by atoms with Crippen LogP contribution in [0.25, 0.3) is 0 Å². The molecule has 7 heavy (non-hydrogen) atoms. The monoisotopic (exact) mass is 112 g/mol. The molecule has 0 spiro atoms. The van der Waals surface area contributed by atoms with Crippen LogP contribution in [0.5, 0.6) is 0 Å². The van der Waals surface area contributed by atoms with Crippen molar-refractivity contribution in [1.29, 1.82) is 0 Å². The molecule has 0 aliphatic heterocycles. The Morgan fingerprint density at radius 3 is 2.29 bits per heavy atom. The van der Waals surface area contributed by atoms with Gasteiger partial charge in [-0.2, -0.15) is 0 Å². The zero-order valence-corrected chi connectivity index (χ0v) is 5.25. The zero-order valence-electron chi connectivity index (χ0n) is 4.43. The molecule has 0 heterocycles. The largest absolute Gasteiger partial charge is 1.00 e. The van der Waals surface area contributed by atoms with Crippen LogP contribution in [0.4, 0.5) is 0 Å². The third kappa shape index (κ3) is 6.42. The second kappa shape index (κ2) is 6.42. The van der Waals surface area contributed by atoms with Crippen molar-refractivity contribution in [1.82, 2.24) is 0 Å². The summed E-state index contributed by atoms with van der Waals surface area (Å²) in [5.74, 6) is -0.291. The van der Waals surface area contributed by atoms with E-state index in [4.69, 9.17) is 0 Å². The Kier molecular flexibility index (Phi) is 9.54. The molecule has 0 unspecified atom stereocenters. The van der Waals surface area contributed by atoms with Crippen molar-refractivity contribution in [3.63, 3.8) is 0 Å². The van der Waals surface area contributed by atoms with Crippen LogP contribution in [0.1, 0.15) is 0 Å². The summed E-state index contributed by atoms with van der Waals surface area (Å²) in [6, 6.07) is 0. The van der Waals surface area contributed by atoms with Crippen molar-refractivity contribution in [2.75, 3.05) is 12.9 Å². The van der Waals surface area contributed by atoms with Gasteiger partial charge in [-0.25, -0.2) is 0 Å². The summed E-state index contributed by atoms with van der Waals surface area (Å²) >= 11 is 4.30. The van der Waals surface area contributed by atoms with Gasteiger partial charge in [0.05, 0.1) is 7.11 Å². The van der Waals surface area contributed by atoms with Crippen molar-refractivity contribution in [2.24, 2.45) is 0 Å². The third-order valence-electron chi connectivity index (χ3n) is 0.346. The molecule has 0 atom stereocenters. The molecular formula is C3H5LiO2S. The first-order valence-corrected chi connectivity index (χ1v) is 2.04. The van der Waals surface area contributed by atoms with E-state index in [1.165, 1.54) is 7.11 Å². The summed E-state index contributed by atoms with van der Waals surface area (Å²) in [5, 5.41) is 0. The Morgan fingerprint density at radius 1 is 1.86 bits per heavy atom. The summed E-state index contributed by atoms with van der Waals surface area (Å²) in [4.78, 5) is 9.85. The van der Waals surface area contributed by atoms with E-state index in [2.05, 4.69) is 17.4 Å². The number of hydrogen-bond acceptors (Lipinski definition) is 3. The minimum absolute atomic E-state index is 0. The molecule has 0 saturated heterocycles. The molecule has 0 radical (unpaired) electrons. The molecule has 0 bridgehead atoms. The fraction of sp³-hybridized carbons (Fsp3) is 0.667. The first-order valence-electron chi connectivity index (χ1n) is 1.46. The van der Waals surface area contributed by atoms with Gasteiger partial charge in [-0.1, -0.05) is 5.75 Å². The summed E-state index contributed by atoms with van der Waals surface area (Å²) in [6.45, 7) is 0. The van der Waals surface area contributed by atoms with Gasteiger partial charge in [0.15, 0.2) is 0 Å². The minimum Gasteiger partial charge on any atom is -0.782 e. The van der Waals surface area contributed by atoms with Crippen LogP contribution in [0.3, 0.4) is 0 Å². The topological polar surface area (TPSA) is 26.3 Å². The molecule has 4 heteroatoms. The van der Waals surface area contributed by atoms with Crippen LogP contribution < -0.4 is 18.9 Å². The molecule has 36 valence electrons. The zero-order chi connectivity index (χ0) is 4.99. The normalized spacial score (nSPS) is 6.57. The summed E-state index contributed by atoms with van der Waals surface area (Å²) in [7, 11) is 1.31. The first kappa shape index (κ1) is 10.4. The molecule has 0 aliphatic carbocycles. The van der Waals surface area contributed by atoms with E-state index in [0.29, 0.717) is 0 Å². The third-order valence-corrected chi connectivity index (χ3v) is 0.581. The Hall–Kier alpha value is 0.417. The summed E-state index contributed by atoms with van der Waals surface area (Å²) < 4.78 is 4.16. The fourth-order valence-corrected chi connectivity index (χ4v) is 0.177. The van der Waals surface area contributed by atoms with Crippen molar-refractivity contribution < 1.29 is 28.4 Å². The number of hydrogen-bond donors (Lipinski definition) is 0. The maximum absolute atomic E-state index is 9.85. The molecular weight excluding hydrogens is 107 g/mol. The van der Waals surface area contributed by atoms with E-state index >= 15 is 0 Å². The summed E-state index contributed by atoms with van der Waals surface area (Å²) in [6.07, 6.45) is 0. The molecule has 0 saturated carbocycles. The van der Waals surface area contributed by atoms with E-state index < -0.39 is 0 Å². The van der Waals surface area contributed by atoms with Crippen LogP contribution in [0.15, 0.2) is 0 Å². The van der Waals surface area contributed by atoms with Crippen LogP contribution in [-0.2, 0) is 22.2 Å². The number of esters is 1. The van der Waals surface area contributed by atoms with Crippen molar-refractivity contribution in [2.45, 2.75) is 0 Å². The Labute approximate surface area is 60.2 Å². The fourth-order valence-electron chi connectivity index (χ4n) is 0.0589. The van der Waals surface area contributed by atoms with Gasteiger partial charge < -0.3 is 17.4 Å². The van der Waals surface area contributed by atoms with Crippen molar-refractivity contribution >= 4 is 18.6 Å². The van der Waals surface area contributed by atoms with Gasteiger partial charge >= 0.3 is 18.9 Å². The number of carbonyl (C=O) groups is 1. The van der Waals surface area contributed by atoms with Gasteiger partial charge in [0.25, 0.3) is 5.97 Å². The average molecular weight is 112 g/mol. The van der Waals surface area contributed by atoms with Gasteiger partial charge in [-0.15, -0.1) is 0 Å². The summed E-state index contributed by atoms with van der Waals surface area (Å²) in [5.41, 5.74) is 0. The molecule has 0 rings (SSSR count). The second-order valence-electron chi connectivity index (χ2n) is 0.720. The van der Waals surface area contributed by atoms with Crippen LogP contribution >= 0.6 is 0 Å². The number of carbonyl (C=O) groups excluding carboxylic acids is 1. The number of rotatable bonds is 1. The number of ether oxygens (including phenoxy) is 1. The van der Waals surface area contributed by atoms with Crippen LogP contribution in [0.2, 0.25) is 0 Å². The average Bonchev–Trinajstić information content (AvgIpc) is 1.65. The molecule has 0 N–H and O–H groups in total. The van der Waals surface area contributed by atoms with Gasteiger partial charge in [-0.3, -0.25) is 4.79 Å². The van der Waals surface area contributed by atoms with Gasteiger partial charge in [-0.05, 0) is 0 Å². The van der Waals surface area contributed by atoms with E-state index in [9.17, 15) is 4.79 Å². The SMILES string of the molecule is COC(=O)C[S-].[Li+].